The zero-order valence-electron chi connectivity index (χ0n) is 16.5. The number of ether oxygens (including phenoxy) is 1. The summed E-state index contributed by atoms with van der Waals surface area (Å²) in [6.07, 6.45) is 7.41. The van der Waals surface area contributed by atoms with Crippen molar-refractivity contribution in [2.24, 2.45) is 11.8 Å². The Bertz CT molecular complexity index is 623. The van der Waals surface area contributed by atoms with Crippen LogP contribution in [-0.2, 0) is 9.53 Å². The Labute approximate surface area is 158 Å². The van der Waals surface area contributed by atoms with Gasteiger partial charge < -0.3 is 15.4 Å². The van der Waals surface area contributed by atoms with E-state index in [9.17, 15) is 4.79 Å². The number of hydrogen-bond acceptors (Lipinski definition) is 4. The van der Waals surface area contributed by atoms with Crippen molar-refractivity contribution in [2.45, 2.75) is 71.3 Å². The molecule has 3 rings (SSSR count). The molecule has 2 aliphatic rings. The molecule has 0 saturated heterocycles. The van der Waals surface area contributed by atoms with Crippen LogP contribution in [0.15, 0.2) is 18.2 Å². The average Bonchev–Trinajstić information content (AvgIpc) is 3.42. The molecule has 2 aliphatic carbocycles. The fourth-order valence-corrected chi connectivity index (χ4v) is 4.37. The third kappa shape index (κ3) is 4.33. The number of rotatable bonds is 7. The van der Waals surface area contributed by atoms with Gasteiger partial charge in [-0.3, -0.25) is 4.79 Å². The highest BCUT2D eigenvalue weighted by Gasteiger charge is 2.45. The highest BCUT2D eigenvalue weighted by Crippen LogP contribution is 2.49. The minimum absolute atomic E-state index is 0.0188. The Balaban J connectivity index is 1.75. The van der Waals surface area contributed by atoms with Gasteiger partial charge in [-0.25, -0.2) is 0 Å². The fraction of sp³-hybridized carbons (Fsp3) is 0.682. The van der Waals surface area contributed by atoms with Crippen molar-refractivity contribution in [3.05, 3.63) is 23.8 Å². The van der Waals surface area contributed by atoms with E-state index in [0.717, 1.165) is 18.7 Å². The van der Waals surface area contributed by atoms with Crippen LogP contribution in [0.2, 0.25) is 0 Å². The molecule has 2 atom stereocenters. The van der Waals surface area contributed by atoms with Crippen LogP contribution in [0.4, 0.5) is 11.4 Å². The SMILES string of the molecule is CCOC(=O)[C@H]1C[C@H]1c1ccc(N(CC(C)C)C2CCCCC2)c(N)c1. The Hall–Kier alpha value is -1.71. The third-order valence-electron chi connectivity index (χ3n) is 5.75. The van der Waals surface area contributed by atoms with Gasteiger partial charge in [-0.1, -0.05) is 39.2 Å². The lowest BCUT2D eigenvalue weighted by Gasteiger charge is -2.38. The molecule has 0 heterocycles. The molecule has 4 heteroatoms. The van der Waals surface area contributed by atoms with Crippen molar-refractivity contribution in [3.63, 3.8) is 0 Å². The van der Waals surface area contributed by atoms with E-state index >= 15 is 0 Å². The first-order valence-electron chi connectivity index (χ1n) is 10.3. The maximum absolute atomic E-state index is 11.9. The Morgan fingerprint density at radius 1 is 1.27 bits per heavy atom. The van der Waals surface area contributed by atoms with Gasteiger partial charge in [0, 0.05) is 12.6 Å². The highest BCUT2D eigenvalue weighted by molar-refractivity contribution is 5.78. The number of carbonyl (C=O) groups is 1. The lowest BCUT2D eigenvalue weighted by Crippen LogP contribution is -2.39. The molecule has 26 heavy (non-hydrogen) atoms. The number of esters is 1. The maximum atomic E-state index is 11.9. The predicted octanol–water partition coefficient (Wildman–Crippen LogP) is 4.73. The van der Waals surface area contributed by atoms with Gasteiger partial charge in [0.25, 0.3) is 0 Å². The summed E-state index contributed by atoms with van der Waals surface area (Å²) >= 11 is 0. The highest BCUT2D eigenvalue weighted by atomic mass is 16.5. The van der Waals surface area contributed by atoms with Crippen LogP contribution >= 0.6 is 0 Å². The molecule has 2 fully saturated rings. The summed E-state index contributed by atoms with van der Waals surface area (Å²) in [5.41, 5.74) is 9.69. The number of nitrogens with zero attached hydrogens (tertiary/aromatic N) is 1. The predicted molar refractivity (Wildman–Crippen MR) is 107 cm³/mol. The Kier molecular flexibility index (Phi) is 6.10. The largest absolute Gasteiger partial charge is 0.466 e. The molecule has 2 saturated carbocycles. The summed E-state index contributed by atoms with van der Waals surface area (Å²) < 4.78 is 5.15. The summed E-state index contributed by atoms with van der Waals surface area (Å²) in [5.74, 6) is 0.834. The van der Waals surface area contributed by atoms with Crippen LogP contribution < -0.4 is 10.6 Å². The van der Waals surface area contributed by atoms with Gasteiger partial charge in [0.1, 0.15) is 0 Å². The van der Waals surface area contributed by atoms with Crippen molar-refractivity contribution in [3.8, 4) is 0 Å². The molecule has 0 aromatic heterocycles. The van der Waals surface area contributed by atoms with E-state index in [2.05, 4.69) is 36.9 Å². The van der Waals surface area contributed by atoms with E-state index in [0.29, 0.717) is 18.6 Å². The van der Waals surface area contributed by atoms with Crippen molar-refractivity contribution in [1.29, 1.82) is 0 Å². The lowest BCUT2D eigenvalue weighted by molar-refractivity contribution is -0.144. The molecule has 0 radical (unpaired) electrons. The number of nitrogens with two attached hydrogens (primary N) is 1. The standard InChI is InChI=1S/C22H34N2O2/c1-4-26-22(25)19-13-18(19)16-10-11-21(20(23)12-16)24(14-15(2)3)17-8-6-5-7-9-17/h10-12,15,17-19H,4-9,13-14,23H2,1-3H3/t18-,19-/m0/s1. The van der Waals surface area contributed by atoms with Crippen molar-refractivity contribution in [2.75, 3.05) is 23.8 Å². The summed E-state index contributed by atoms with van der Waals surface area (Å²) in [6, 6.07) is 7.05. The Morgan fingerprint density at radius 3 is 2.62 bits per heavy atom. The number of carbonyl (C=O) groups excluding carboxylic acids is 1. The zero-order valence-corrected chi connectivity index (χ0v) is 16.5. The van der Waals surface area contributed by atoms with Crippen molar-refractivity contribution >= 4 is 17.3 Å². The molecule has 1 aromatic carbocycles. The minimum Gasteiger partial charge on any atom is -0.466 e. The normalized spacial score (nSPS) is 23.1. The smallest absolute Gasteiger partial charge is 0.309 e. The quantitative estimate of drug-likeness (QED) is 0.565. The van der Waals surface area contributed by atoms with Crippen LogP contribution in [0.1, 0.15) is 70.8 Å². The van der Waals surface area contributed by atoms with Crippen LogP contribution in [-0.4, -0.2) is 25.2 Å². The van der Waals surface area contributed by atoms with Gasteiger partial charge in [0.05, 0.1) is 23.9 Å². The second kappa shape index (κ2) is 8.32. The van der Waals surface area contributed by atoms with E-state index in [4.69, 9.17) is 10.5 Å². The van der Waals surface area contributed by atoms with E-state index < -0.39 is 0 Å². The molecule has 144 valence electrons. The second-order valence-electron chi connectivity index (χ2n) is 8.36. The first kappa shape index (κ1) is 19.1. The van der Waals surface area contributed by atoms with Crippen molar-refractivity contribution in [1.82, 2.24) is 0 Å². The van der Waals surface area contributed by atoms with Crippen LogP contribution in [0.5, 0.6) is 0 Å². The monoisotopic (exact) mass is 358 g/mol. The molecule has 0 aliphatic heterocycles. The fourth-order valence-electron chi connectivity index (χ4n) is 4.37. The number of anilines is 2. The van der Waals surface area contributed by atoms with Gasteiger partial charge >= 0.3 is 5.97 Å². The minimum atomic E-state index is -0.0659. The molecule has 0 spiro atoms. The van der Waals surface area contributed by atoms with Gasteiger partial charge in [0.15, 0.2) is 0 Å². The Morgan fingerprint density at radius 2 is 2.00 bits per heavy atom. The molecular formula is C22H34N2O2. The topological polar surface area (TPSA) is 55.6 Å². The van der Waals surface area contributed by atoms with Gasteiger partial charge in [-0.2, -0.15) is 0 Å². The first-order valence-corrected chi connectivity index (χ1v) is 10.3. The third-order valence-corrected chi connectivity index (χ3v) is 5.75. The summed E-state index contributed by atoms with van der Waals surface area (Å²) in [4.78, 5) is 14.5. The molecule has 2 N–H and O–H groups in total. The van der Waals surface area contributed by atoms with Crippen molar-refractivity contribution < 1.29 is 9.53 Å². The van der Waals surface area contributed by atoms with Crippen LogP contribution in [0.25, 0.3) is 0 Å². The average molecular weight is 359 g/mol. The summed E-state index contributed by atoms with van der Waals surface area (Å²) in [6.45, 7) is 7.90. The number of nitrogen functional groups attached to an aromatic ring is 1. The molecule has 0 unspecified atom stereocenters. The molecule has 0 amide bonds. The van der Waals surface area contributed by atoms with Gasteiger partial charge in [-0.15, -0.1) is 0 Å². The van der Waals surface area contributed by atoms with E-state index in [-0.39, 0.29) is 17.8 Å². The van der Waals surface area contributed by atoms with Crippen LogP contribution in [0.3, 0.4) is 0 Å². The number of benzene rings is 1. The zero-order chi connectivity index (χ0) is 18.7. The van der Waals surface area contributed by atoms with Crippen LogP contribution in [0, 0.1) is 11.8 Å². The molecule has 0 bridgehead atoms. The molecular weight excluding hydrogens is 324 g/mol. The van der Waals surface area contributed by atoms with Gasteiger partial charge in [0.2, 0.25) is 0 Å². The van der Waals surface area contributed by atoms with E-state index in [1.165, 1.54) is 43.4 Å². The van der Waals surface area contributed by atoms with E-state index in [1.54, 1.807) is 0 Å². The maximum Gasteiger partial charge on any atom is 0.309 e. The second-order valence-corrected chi connectivity index (χ2v) is 8.36. The first-order chi connectivity index (χ1) is 12.5. The molecule has 1 aromatic rings. The lowest BCUT2D eigenvalue weighted by atomic mass is 9.92. The van der Waals surface area contributed by atoms with Gasteiger partial charge in [-0.05, 0) is 55.7 Å². The van der Waals surface area contributed by atoms with E-state index in [1.807, 2.05) is 6.92 Å². The number of hydrogen-bond donors (Lipinski definition) is 1. The summed E-state index contributed by atoms with van der Waals surface area (Å²) in [7, 11) is 0. The molecule has 4 nitrogen and oxygen atoms in total. The summed E-state index contributed by atoms with van der Waals surface area (Å²) in [5, 5.41) is 0.